The molecule has 2 heterocycles. The second-order valence-corrected chi connectivity index (χ2v) is 4.56. The van der Waals surface area contributed by atoms with Crippen molar-refractivity contribution in [2.75, 3.05) is 0 Å². The minimum absolute atomic E-state index is 0.148. The van der Waals surface area contributed by atoms with Crippen LogP contribution in [0.4, 0.5) is 0 Å². The van der Waals surface area contributed by atoms with Gasteiger partial charge in [-0.3, -0.25) is 0 Å². The lowest BCUT2D eigenvalue weighted by molar-refractivity contribution is 0.348. The van der Waals surface area contributed by atoms with Gasteiger partial charge in [-0.15, -0.1) is 0 Å². The van der Waals surface area contributed by atoms with Gasteiger partial charge in [-0.25, -0.2) is 0 Å². The molecule has 5 heteroatoms. The maximum Gasteiger partial charge on any atom is 0.243 e. The maximum atomic E-state index is 5.92. The summed E-state index contributed by atoms with van der Waals surface area (Å²) in [6.07, 6.45) is 1.88. The van der Waals surface area contributed by atoms with E-state index in [1.54, 1.807) is 11.3 Å². The molecule has 2 aromatic heterocycles. The van der Waals surface area contributed by atoms with Crippen LogP contribution in [0.15, 0.2) is 15.3 Å². The first-order valence-electron chi connectivity index (χ1n) is 5.34. The van der Waals surface area contributed by atoms with Crippen LogP contribution >= 0.6 is 11.3 Å². The SMILES string of the molecule is CCCC(N)c1nc(-c2cscc2C)no1. The van der Waals surface area contributed by atoms with E-state index in [1.807, 2.05) is 12.3 Å². The third-order valence-electron chi connectivity index (χ3n) is 2.46. The summed E-state index contributed by atoms with van der Waals surface area (Å²) in [6.45, 7) is 4.12. The van der Waals surface area contributed by atoms with Crippen LogP contribution in [0.3, 0.4) is 0 Å². The Balaban J connectivity index is 2.23. The number of thiophene rings is 1. The largest absolute Gasteiger partial charge is 0.337 e. The topological polar surface area (TPSA) is 64.9 Å². The summed E-state index contributed by atoms with van der Waals surface area (Å²) in [6, 6.07) is -0.148. The van der Waals surface area contributed by atoms with Crippen LogP contribution in [-0.4, -0.2) is 10.1 Å². The van der Waals surface area contributed by atoms with Crippen molar-refractivity contribution in [1.82, 2.24) is 10.1 Å². The van der Waals surface area contributed by atoms with Crippen molar-refractivity contribution in [3.8, 4) is 11.4 Å². The van der Waals surface area contributed by atoms with E-state index in [1.165, 1.54) is 5.56 Å². The van der Waals surface area contributed by atoms with E-state index in [0.29, 0.717) is 11.7 Å². The number of hydrogen-bond acceptors (Lipinski definition) is 5. The van der Waals surface area contributed by atoms with Crippen molar-refractivity contribution in [3.05, 3.63) is 22.2 Å². The van der Waals surface area contributed by atoms with Crippen molar-refractivity contribution in [1.29, 1.82) is 0 Å². The molecule has 2 aromatic rings. The van der Waals surface area contributed by atoms with Crippen LogP contribution in [0.1, 0.15) is 37.3 Å². The summed E-state index contributed by atoms with van der Waals surface area (Å²) in [5.41, 5.74) is 8.12. The van der Waals surface area contributed by atoms with Gasteiger partial charge in [0.1, 0.15) is 0 Å². The Hall–Kier alpha value is -1.20. The van der Waals surface area contributed by atoms with E-state index >= 15 is 0 Å². The molecule has 0 spiro atoms. The number of hydrogen-bond donors (Lipinski definition) is 1. The Labute approximate surface area is 98.5 Å². The first-order valence-corrected chi connectivity index (χ1v) is 6.29. The molecule has 0 radical (unpaired) electrons. The summed E-state index contributed by atoms with van der Waals surface area (Å²) in [5, 5.41) is 8.05. The van der Waals surface area contributed by atoms with Crippen LogP contribution < -0.4 is 5.73 Å². The first-order chi connectivity index (χ1) is 7.72. The molecule has 0 amide bonds. The highest BCUT2D eigenvalue weighted by molar-refractivity contribution is 7.08. The van der Waals surface area contributed by atoms with Crippen LogP contribution in [0.25, 0.3) is 11.4 Å². The Morgan fingerprint density at radius 2 is 2.31 bits per heavy atom. The molecule has 2 rings (SSSR count). The smallest absolute Gasteiger partial charge is 0.243 e. The number of aryl methyl sites for hydroxylation is 1. The lowest BCUT2D eigenvalue weighted by atomic mass is 10.2. The van der Waals surface area contributed by atoms with Crippen LogP contribution in [0.5, 0.6) is 0 Å². The molecular weight excluding hydrogens is 222 g/mol. The van der Waals surface area contributed by atoms with Gasteiger partial charge in [0.2, 0.25) is 11.7 Å². The number of rotatable bonds is 4. The Bertz CT molecular complexity index is 463. The average molecular weight is 237 g/mol. The van der Waals surface area contributed by atoms with Crippen LogP contribution in [0, 0.1) is 6.92 Å². The standard InChI is InChI=1S/C11H15N3OS/c1-3-4-9(12)11-13-10(14-15-11)8-6-16-5-7(8)2/h5-6,9H,3-4,12H2,1-2H3. The quantitative estimate of drug-likeness (QED) is 0.888. The predicted molar refractivity (Wildman–Crippen MR) is 64.2 cm³/mol. The minimum Gasteiger partial charge on any atom is -0.337 e. The van der Waals surface area contributed by atoms with E-state index in [2.05, 4.69) is 22.4 Å². The first kappa shape index (κ1) is 11.3. The lowest BCUT2D eigenvalue weighted by Crippen LogP contribution is -2.09. The number of nitrogens with two attached hydrogens (primary N) is 1. The Morgan fingerprint density at radius 1 is 1.50 bits per heavy atom. The van der Waals surface area contributed by atoms with Gasteiger partial charge in [-0.2, -0.15) is 16.3 Å². The van der Waals surface area contributed by atoms with Gasteiger partial charge >= 0.3 is 0 Å². The van der Waals surface area contributed by atoms with Gasteiger partial charge < -0.3 is 10.3 Å². The van der Waals surface area contributed by atoms with Gasteiger partial charge in [0.15, 0.2) is 0 Å². The van der Waals surface area contributed by atoms with Crippen LogP contribution in [0.2, 0.25) is 0 Å². The Morgan fingerprint density at radius 3 is 2.94 bits per heavy atom. The fourth-order valence-corrected chi connectivity index (χ4v) is 2.35. The predicted octanol–water partition coefficient (Wildman–Crippen LogP) is 2.91. The number of nitrogens with zero attached hydrogens (tertiary/aromatic N) is 2. The lowest BCUT2D eigenvalue weighted by Gasteiger charge is -2.02. The number of aromatic nitrogens is 2. The monoisotopic (exact) mass is 237 g/mol. The zero-order chi connectivity index (χ0) is 11.5. The maximum absolute atomic E-state index is 5.92. The van der Waals surface area contributed by atoms with Crippen molar-refractivity contribution >= 4 is 11.3 Å². The van der Waals surface area contributed by atoms with Crippen LogP contribution in [-0.2, 0) is 0 Å². The molecule has 1 atom stereocenters. The molecule has 0 aliphatic rings. The fraction of sp³-hybridized carbons (Fsp3) is 0.455. The normalized spacial score (nSPS) is 12.9. The molecule has 0 aliphatic carbocycles. The van der Waals surface area contributed by atoms with E-state index < -0.39 is 0 Å². The van der Waals surface area contributed by atoms with Crippen molar-refractivity contribution in [2.45, 2.75) is 32.7 Å². The van der Waals surface area contributed by atoms with E-state index in [9.17, 15) is 0 Å². The molecular formula is C11H15N3OS. The summed E-state index contributed by atoms with van der Waals surface area (Å²) < 4.78 is 5.18. The van der Waals surface area contributed by atoms with Gasteiger partial charge in [0.05, 0.1) is 6.04 Å². The molecule has 2 N–H and O–H groups in total. The molecule has 0 bridgehead atoms. The minimum atomic E-state index is -0.148. The highest BCUT2D eigenvalue weighted by atomic mass is 32.1. The average Bonchev–Trinajstić information content (AvgIpc) is 2.86. The second kappa shape index (κ2) is 4.76. The van der Waals surface area contributed by atoms with Crippen molar-refractivity contribution in [2.24, 2.45) is 5.73 Å². The molecule has 0 fully saturated rings. The molecule has 0 aromatic carbocycles. The highest BCUT2D eigenvalue weighted by Crippen LogP contribution is 2.25. The van der Waals surface area contributed by atoms with Gasteiger partial charge in [-0.1, -0.05) is 18.5 Å². The molecule has 0 saturated heterocycles. The summed E-state index contributed by atoms with van der Waals surface area (Å²) >= 11 is 1.64. The second-order valence-electron chi connectivity index (χ2n) is 3.82. The zero-order valence-corrected chi connectivity index (χ0v) is 10.3. The van der Waals surface area contributed by atoms with Crippen molar-refractivity contribution in [3.63, 3.8) is 0 Å². The highest BCUT2D eigenvalue weighted by Gasteiger charge is 2.16. The van der Waals surface area contributed by atoms with Gasteiger partial charge in [-0.05, 0) is 24.3 Å². The third-order valence-corrected chi connectivity index (χ3v) is 3.32. The molecule has 1 unspecified atom stereocenters. The Kier molecular flexibility index (Phi) is 3.36. The zero-order valence-electron chi connectivity index (χ0n) is 9.43. The molecule has 0 aliphatic heterocycles. The third kappa shape index (κ3) is 2.15. The molecule has 86 valence electrons. The molecule has 0 saturated carbocycles. The summed E-state index contributed by atoms with van der Waals surface area (Å²) in [5.74, 6) is 1.17. The molecule has 4 nitrogen and oxygen atoms in total. The summed E-state index contributed by atoms with van der Waals surface area (Å²) in [4.78, 5) is 4.34. The van der Waals surface area contributed by atoms with Crippen molar-refractivity contribution < 1.29 is 4.52 Å². The van der Waals surface area contributed by atoms with E-state index in [0.717, 1.165) is 18.4 Å². The molecule has 16 heavy (non-hydrogen) atoms. The van der Waals surface area contributed by atoms with Gasteiger partial charge in [0.25, 0.3) is 0 Å². The van der Waals surface area contributed by atoms with Gasteiger partial charge in [0, 0.05) is 10.9 Å². The fourth-order valence-electron chi connectivity index (χ4n) is 1.52. The van der Waals surface area contributed by atoms with E-state index in [-0.39, 0.29) is 6.04 Å². The van der Waals surface area contributed by atoms with E-state index in [4.69, 9.17) is 10.3 Å². The summed E-state index contributed by atoms with van der Waals surface area (Å²) in [7, 11) is 0.